The summed E-state index contributed by atoms with van der Waals surface area (Å²) in [5, 5.41) is 2.72. The van der Waals surface area contributed by atoms with Crippen LogP contribution in [0.5, 0.6) is 0 Å². The average Bonchev–Trinajstić information content (AvgIpc) is 2.50. The molecule has 0 saturated carbocycles. The molecule has 1 saturated heterocycles. The van der Waals surface area contributed by atoms with Crippen LogP contribution in [0.4, 0.5) is 5.69 Å². The van der Waals surface area contributed by atoms with E-state index < -0.39 is 0 Å². The summed E-state index contributed by atoms with van der Waals surface area (Å²) in [6, 6.07) is 5.10. The minimum atomic E-state index is -0.274. The first-order valence-electron chi connectivity index (χ1n) is 6.76. The Labute approximate surface area is 131 Å². The molecule has 0 radical (unpaired) electrons. The molecule has 1 aromatic carbocycles. The molecule has 21 heavy (non-hydrogen) atoms. The fourth-order valence-corrected chi connectivity index (χ4v) is 2.44. The number of hydrogen-bond acceptors (Lipinski definition) is 4. The summed E-state index contributed by atoms with van der Waals surface area (Å²) in [5.74, 6) is -0.246. The second-order valence-corrected chi connectivity index (χ2v) is 5.65. The lowest BCUT2D eigenvalue weighted by atomic mass is 10.1. The maximum absolute atomic E-state index is 12.0. The molecule has 1 aromatic rings. The lowest BCUT2D eigenvalue weighted by Gasteiger charge is -2.26. The zero-order valence-corrected chi connectivity index (χ0v) is 13.2. The molecule has 0 atom stereocenters. The van der Waals surface area contributed by atoms with Gasteiger partial charge in [0.2, 0.25) is 5.91 Å². The number of carbonyl (C=O) groups excluding carboxylic acids is 2. The van der Waals surface area contributed by atoms with Crippen molar-refractivity contribution in [2.24, 2.45) is 0 Å². The van der Waals surface area contributed by atoms with Gasteiger partial charge in [0.25, 0.3) is 5.91 Å². The topological polar surface area (TPSA) is 84.7 Å². The van der Waals surface area contributed by atoms with E-state index in [1.54, 1.807) is 23.1 Å². The van der Waals surface area contributed by atoms with E-state index in [2.05, 4.69) is 21.2 Å². The smallest absolute Gasteiger partial charge is 0.253 e. The molecule has 1 aliphatic rings. The predicted molar refractivity (Wildman–Crippen MR) is 82.9 cm³/mol. The second-order valence-electron chi connectivity index (χ2n) is 4.73. The van der Waals surface area contributed by atoms with Crippen LogP contribution in [-0.4, -0.2) is 49.6 Å². The summed E-state index contributed by atoms with van der Waals surface area (Å²) in [6.45, 7) is 2.68. The first-order chi connectivity index (χ1) is 10.1. The normalized spacial score (nSPS) is 14.8. The van der Waals surface area contributed by atoms with Gasteiger partial charge >= 0.3 is 0 Å². The highest BCUT2D eigenvalue weighted by molar-refractivity contribution is 9.10. The molecule has 2 amide bonds. The predicted octanol–water partition coefficient (Wildman–Crippen LogP) is 1.01. The van der Waals surface area contributed by atoms with E-state index in [1.165, 1.54) is 0 Å². The van der Waals surface area contributed by atoms with Crippen molar-refractivity contribution in [2.45, 2.75) is 6.42 Å². The number of amides is 2. The minimum absolute atomic E-state index is 0.0285. The van der Waals surface area contributed by atoms with Crippen molar-refractivity contribution in [2.75, 3.05) is 38.6 Å². The highest BCUT2D eigenvalue weighted by atomic mass is 79.9. The fourth-order valence-electron chi connectivity index (χ4n) is 2.07. The number of rotatable bonds is 4. The first-order valence-corrected chi connectivity index (χ1v) is 7.56. The Balaban J connectivity index is 1.81. The van der Waals surface area contributed by atoms with Crippen LogP contribution in [-0.2, 0) is 9.53 Å². The average molecular weight is 356 g/mol. The van der Waals surface area contributed by atoms with E-state index in [4.69, 9.17) is 10.5 Å². The number of hydrogen-bond donors (Lipinski definition) is 2. The van der Waals surface area contributed by atoms with E-state index in [9.17, 15) is 9.59 Å². The van der Waals surface area contributed by atoms with Crippen molar-refractivity contribution in [3.63, 3.8) is 0 Å². The number of carbonyl (C=O) groups is 2. The lowest BCUT2D eigenvalue weighted by Crippen LogP contribution is -2.42. The van der Waals surface area contributed by atoms with E-state index in [-0.39, 0.29) is 18.2 Å². The van der Waals surface area contributed by atoms with Crippen molar-refractivity contribution in [1.29, 1.82) is 0 Å². The summed E-state index contributed by atoms with van der Waals surface area (Å²) >= 11 is 3.30. The molecule has 114 valence electrons. The quantitative estimate of drug-likeness (QED) is 0.789. The number of ether oxygens (including phenoxy) is 1. The molecule has 7 heteroatoms. The maximum atomic E-state index is 12.0. The molecule has 0 aliphatic carbocycles. The standard InChI is InChI=1S/C14H18BrN3O3/c15-10-1-2-12(16)11(9-10)14(20)17-4-3-13(19)18-5-7-21-8-6-18/h1-2,9H,3-8,16H2,(H,17,20). The molecular weight excluding hydrogens is 338 g/mol. The summed E-state index contributed by atoms with van der Waals surface area (Å²) < 4.78 is 5.98. The molecule has 2 rings (SSSR count). The zero-order chi connectivity index (χ0) is 15.2. The van der Waals surface area contributed by atoms with Crippen molar-refractivity contribution in [3.8, 4) is 0 Å². The van der Waals surface area contributed by atoms with E-state index in [1.807, 2.05) is 0 Å². The maximum Gasteiger partial charge on any atom is 0.253 e. The molecule has 6 nitrogen and oxygen atoms in total. The van der Waals surface area contributed by atoms with Crippen LogP contribution in [0.3, 0.4) is 0 Å². The Morgan fingerprint density at radius 2 is 2.05 bits per heavy atom. The summed E-state index contributed by atoms with van der Waals surface area (Å²) in [7, 11) is 0. The molecule has 1 fully saturated rings. The van der Waals surface area contributed by atoms with Crippen LogP contribution < -0.4 is 11.1 Å². The number of nitrogens with one attached hydrogen (secondary N) is 1. The summed E-state index contributed by atoms with van der Waals surface area (Å²) in [6.07, 6.45) is 0.277. The van der Waals surface area contributed by atoms with Crippen LogP contribution in [0.15, 0.2) is 22.7 Å². The third kappa shape index (κ3) is 4.44. The number of benzene rings is 1. The van der Waals surface area contributed by atoms with Crippen molar-refractivity contribution >= 4 is 33.4 Å². The van der Waals surface area contributed by atoms with Gasteiger partial charge in [0.1, 0.15) is 0 Å². The zero-order valence-electron chi connectivity index (χ0n) is 11.6. The molecule has 1 heterocycles. The molecule has 0 spiro atoms. The van der Waals surface area contributed by atoms with E-state index >= 15 is 0 Å². The third-order valence-electron chi connectivity index (χ3n) is 3.25. The number of nitrogen functional groups attached to an aromatic ring is 1. The van der Waals surface area contributed by atoms with Crippen LogP contribution in [0.1, 0.15) is 16.8 Å². The highest BCUT2D eigenvalue weighted by Gasteiger charge is 2.17. The van der Waals surface area contributed by atoms with Gasteiger partial charge in [-0.05, 0) is 18.2 Å². The number of nitrogens with two attached hydrogens (primary N) is 1. The second kappa shape index (κ2) is 7.42. The Kier molecular flexibility index (Phi) is 5.58. The molecule has 1 aliphatic heterocycles. The van der Waals surface area contributed by atoms with Gasteiger partial charge in [-0.2, -0.15) is 0 Å². The molecule has 0 bridgehead atoms. The molecule has 0 unspecified atom stereocenters. The molecule has 0 aromatic heterocycles. The Bertz CT molecular complexity index is 530. The number of anilines is 1. The fraction of sp³-hybridized carbons (Fsp3) is 0.429. The van der Waals surface area contributed by atoms with E-state index in [0.717, 1.165) is 4.47 Å². The van der Waals surface area contributed by atoms with Gasteiger partial charge in [-0.3, -0.25) is 9.59 Å². The Hall–Kier alpha value is -1.60. The van der Waals surface area contributed by atoms with Crippen molar-refractivity contribution < 1.29 is 14.3 Å². The SMILES string of the molecule is Nc1ccc(Br)cc1C(=O)NCCC(=O)N1CCOCC1. The van der Waals surface area contributed by atoms with E-state index in [0.29, 0.717) is 44.1 Å². The van der Waals surface area contributed by atoms with Gasteiger partial charge in [0.15, 0.2) is 0 Å². The largest absolute Gasteiger partial charge is 0.398 e. The van der Waals surface area contributed by atoms with Gasteiger partial charge in [-0.25, -0.2) is 0 Å². The minimum Gasteiger partial charge on any atom is -0.398 e. The Morgan fingerprint density at radius 3 is 2.76 bits per heavy atom. The monoisotopic (exact) mass is 355 g/mol. The molecule has 3 N–H and O–H groups in total. The summed E-state index contributed by atoms with van der Waals surface area (Å²) in [4.78, 5) is 25.7. The third-order valence-corrected chi connectivity index (χ3v) is 3.74. The van der Waals surface area contributed by atoms with Gasteiger partial charge < -0.3 is 20.7 Å². The highest BCUT2D eigenvalue weighted by Crippen LogP contribution is 2.18. The molecular formula is C14H18BrN3O3. The lowest BCUT2D eigenvalue weighted by molar-refractivity contribution is -0.135. The number of morpholine rings is 1. The summed E-state index contributed by atoms with van der Waals surface area (Å²) in [5.41, 5.74) is 6.59. The Morgan fingerprint density at radius 1 is 1.33 bits per heavy atom. The van der Waals surface area contributed by atoms with Crippen molar-refractivity contribution in [1.82, 2.24) is 10.2 Å². The van der Waals surface area contributed by atoms with Crippen LogP contribution in [0, 0.1) is 0 Å². The van der Waals surface area contributed by atoms with Crippen LogP contribution in [0.25, 0.3) is 0 Å². The van der Waals surface area contributed by atoms with Crippen molar-refractivity contribution in [3.05, 3.63) is 28.2 Å². The first kappa shape index (κ1) is 15.8. The van der Waals surface area contributed by atoms with Gasteiger partial charge in [-0.15, -0.1) is 0 Å². The van der Waals surface area contributed by atoms with Crippen LogP contribution >= 0.6 is 15.9 Å². The van der Waals surface area contributed by atoms with Gasteiger partial charge in [-0.1, -0.05) is 15.9 Å². The van der Waals surface area contributed by atoms with Gasteiger partial charge in [0.05, 0.1) is 18.8 Å². The van der Waals surface area contributed by atoms with Gasteiger partial charge in [0, 0.05) is 36.2 Å². The number of halogens is 1. The number of nitrogens with zero attached hydrogens (tertiary/aromatic N) is 1. The van der Waals surface area contributed by atoms with Crippen LogP contribution in [0.2, 0.25) is 0 Å².